The van der Waals surface area contributed by atoms with E-state index in [2.05, 4.69) is 5.32 Å². The van der Waals surface area contributed by atoms with E-state index < -0.39 is 0 Å². The van der Waals surface area contributed by atoms with Crippen molar-refractivity contribution in [3.63, 3.8) is 0 Å². The SMILES string of the molecule is CC(C)(CCO)CNC(=O)C1CC(=O)N(CC2CC2)C1. The van der Waals surface area contributed by atoms with Gasteiger partial charge in [0.1, 0.15) is 0 Å². The quantitative estimate of drug-likeness (QED) is 0.724. The molecule has 20 heavy (non-hydrogen) atoms. The Balaban J connectivity index is 1.76. The summed E-state index contributed by atoms with van der Waals surface area (Å²) in [6.07, 6.45) is 3.44. The second kappa shape index (κ2) is 6.12. The first-order chi connectivity index (χ1) is 9.41. The molecule has 5 nitrogen and oxygen atoms in total. The number of hydrogen-bond acceptors (Lipinski definition) is 3. The molecule has 2 amide bonds. The molecule has 1 saturated carbocycles. The van der Waals surface area contributed by atoms with Crippen LogP contribution in [0.2, 0.25) is 0 Å². The molecule has 5 heteroatoms. The van der Waals surface area contributed by atoms with Gasteiger partial charge in [-0.25, -0.2) is 0 Å². The monoisotopic (exact) mass is 282 g/mol. The van der Waals surface area contributed by atoms with Crippen molar-refractivity contribution in [3.05, 3.63) is 0 Å². The highest BCUT2D eigenvalue weighted by molar-refractivity contribution is 5.89. The highest BCUT2D eigenvalue weighted by Gasteiger charge is 2.37. The van der Waals surface area contributed by atoms with Gasteiger partial charge in [0.15, 0.2) is 0 Å². The molecule has 0 aromatic carbocycles. The Morgan fingerprint density at radius 2 is 2.15 bits per heavy atom. The Labute approximate surface area is 120 Å². The van der Waals surface area contributed by atoms with Crippen molar-refractivity contribution < 1.29 is 14.7 Å². The molecule has 1 atom stereocenters. The minimum atomic E-state index is -0.203. The zero-order chi connectivity index (χ0) is 14.8. The Bertz CT molecular complexity index is 377. The molecule has 0 spiro atoms. The molecule has 0 aromatic rings. The van der Waals surface area contributed by atoms with Gasteiger partial charge in [0, 0.05) is 32.7 Å². The van der Waals surface area contributed by atoms with Crippen molar-refractivity contribution in [2.24, 2.45) is 17.3 Å². The van der Waals surface area contributed by atoms with Gasteiger partial charge in [-0.15, -0.1) is 0 Å². The fourth-order valence-electron chi connectivity index (χ4n) is 2.60. The van der Waals surface area contributed by atoms with Crippen LogP contribution in [0.1, 0.15) is 39.5 Å². The molecule has 1 aliphatic heterocycles. The first-order valence-electron chi connectivity index (χ1n) is 7.57. The lowest BCUT2D eigenvalue weighted by molar-refractivity contribution is -0.129. The summed E-state index contributed by atoms with van der Waals surface area (Å²) in [4.78, 5) is 25.9. The van der Waals surface area contributed by atoms with Crippen LogP contribution >= 0.6 is 0 Å². The predicted molar refractivity (Wildman–Crippen MR) is 75.9 cm³/mol. The fourth-order valence-corrected chi connectivity index (χ4v) is 2.60. The highest BCUT2D eigenvalue weighted by Crippen LogP contribution is 2.32. The minimum absolute atomic E-state index is 0.0253. The lowest BCUT2D eigenvalue weighted by atomic mass is 9.89. The second-order valence-corrected chi connectivity index (χ2v) is 7.00. The van der Waals surface area contributed by atoms with Gasteiger partial charge in [0.25, 0.3) is 0 Å². The third-order valence-corrected chi connectivity index (χ3v) is 4.29. The molecule has 0 radical (unpaired) electrons. The maximum Gasteiger partial charge on any atom is 0.225 e. The third kappa shape index (κ3) is 4.20. The lowest BCUT2D eigenvalue weighted by Crippen LogP contribution is -2.39. The van der Waals surface area contributed by atoms with E-state index in [9.17, 15) is 9.59 Å². The molecule has 114 valence electrons. The van der Waals surface area contributed by atoms with E-state index in [1.807, 2.05) is 18.7 Å². The van der Waals surface area contributed by atoms with E-state index in [0.29, 0.717) is 31.8 Å². The van der Waals surface area contributed by atoms with Crippen LogP contribution < -0.4 is 5.32 Å². The van der Waals surface area contributed by atoms with Gasteiger partial charge in [0.05, 0.1) is 5.92 Å². The molecular weight excluding hydrogens is 256 g/mol. The summed E-state index contributed by atoms with van der Waals surface area (Å²) in [6, 6.07) is 0. The largest absolute Gasteiger partial charge is 0.396 e. The topological polar surface area (TPSA) is 69.6 Å². The average molecular weight is 282 g/mol. The highest BCUT2D eigenvalue weighted by atomic mass is 16.3. The number of aliphatic hydroxyl groups is 1. The number of carbonyl (C=O) groups excluding carboxylic acids is 2. The van der Waals surface area contributed by atoms with Crippen molar-refractivity contribution in [1.29, 1.82) is 0 Å². The van der Waals surface area contributed by atoms with E-state index in [4.69, 9.17) is 5.11 Å². The maximum atomic E-state index is 12.1. The molecule has 0 aromatic heterocycles. The molecule has 2 fully saturated rings. The van der Waals surface area contributed by atoms with Gasteiger partial charge in [-0.3, -0.25) is 9.59 Å². The predicted octanol–water partition coefficient (Wildman–Crippen LogP) is 0.770. The molecule has 2 N–H and O–H groups in total. The standard InChI is InChI=1S/C15H26N2O3/c1-15(2,5-6-18)10-16-14(20)12-7-13(19)17(9-12)8-11-3-4-11/h11-12,18H,3-10H2,1-2H3,(H,16,20). The molecule has 1 aliphatic carbocycles. The summed E-state index contributed by atoms with van der Waals surface area (Å²) in [5.41, 5.74) is -0.110. The Morgan fingerprint density at radius 1 is 1.45 bits per heavy atom. The summed E-state index contributed by atoms with van der Waals surface area (Å²) in [6.45, 7) is 6.10. The molecule has 0 bridgehead atoms. The zero-order valence-corrected chi connectivity index (χ0v) is 12.5. The van der Waals surface area contributed by atoms with Gasteiger partial charge >= 0.3 is 0 Å². The van der Waals surface area contributed by atoms with Crippen molar-refractivity contribution in [2.75, 3.05) is 26.2 Å². The Hall–Kier alpha value is -1.10. The molecule has 1 saturated heterocycles. The van der Waals surface area contributed by atoms with Crippen LogP contribution in [-0.4, -0.2) is 48.1 Å². The zero-order valence-electron chi connectivity index (χ0n) is 12.5. The van der Waals surface area contributed by atoms with Gasteiger partial charge in [-0.05, 0) is 30.6 Å². The minimum Gasteiger partial charge on any atom is -0.396 e. The van der Waals surface area contributed by atoms with Gasteiger partial charge in [0.2, 0.25) is 11.8 Å². The Morgan fingerprint density at radius 3 is 2.75 bits per heavy atom. The van der Waals surface area contributed by atoms with Crippen LogP contribution in [0, 0.1) is 17.3 Å². The maximum absolute atomic E-state index is 12.1. The van der Waals surface area contributed by atoms with Crippen LogP contribution in [-0.2, 0) is 9.59 Å². The number of amides is 2. The van der Waals surface area contributed by atoms with Gasteiger partial charge in [-0.1, -0.05) is 13.8 Å². The summed E-state index contributed by atoms with van der Waals surface area (Å²) in [5, 5.41) is 11.9. The summed E-state index contributed by atoms with van der Waals surface area (Å²) < 4.78 is 0. The summed E-state index contributed by atoms with van der Waals surface area (Å²) >= 11 is 0. The van der Waals surface area contributed by atoms with Gasteiger partial charge < -0.3 is 15.3 Å². The Kier molecular flexibility index (Phi) is 4.68. The number of likely N-dealkylation sites (tertiary alicyclic amines) is 1. The molecule has 1 heterocycles. The van der Waals surface area contributed by atoms with Crippen molar-refractivity contribution in [3.8, 4) is 0 Å². The summed E-state index contributed by atoms with van der Waals surface area (Å²) in [5.74, 6) is 0.560. The summed E-state index contributed by atoms with van der Waals surface area (Å²) in [7, 11) is 0. The molecule has 2 rings (SSSR count). The fraction of sp³-hybridized carbons (Fsp3) is 0.867. The molecular formula is C15H26N2O3. The lowest BCUT2D eigenvalue weighted by Gasteiger charge is -2.24. The first kappa shape index (κ1) is 15.3. The van der Waals surface area contributed by atoms with Gasteiger partial charge in [-0.2, -0.15) is 0 Å². The number of carbonyl (C=O) groups is 2. The van der Waals surface area contributed by atoms with E-state index in [1.165, 1.54) is 12.8 Å². The second-order valence-electron chi connectivity index (χ2n) is 7.00. The molecule has 1 unspecified atom stereocenters. The van der Waals surface area contributed by atoms with Crippen molar-refractivity contribution in [2.45, 2.75) is 39.5 Å². The smallest absolute Gasteiger partial charge is 0.225 e. The van der Waals surface area contributed by atoms with E-state index >= 15 is 0 Å². The van der Waals surface area contributed by atoms with Crippen molar-refractivity contribution >= 4 is 11.8 Å². The van der Waals surface area contributed by atoms with Crippen LogP contribution in [0.15, 0.2) is 0 Å². The third-order valence-electron chi connectivity index (χ3n) is 4.29. The van der Waals surface area contributed by atoms with Crippen LogP contribution in [0.25, 0.3) is 0 Å². The van der Waals surface area contributed by atoms with E-state index in [-0.39, 0.29) is 29.8 Å². The van der Waals surface area contributed by atoms with Crippen LogP contribution in [0.3, 0.4) is 0 Å². The number of nitrogens with one attached hydrogen (secondary N) is 1. The van der Waals surface area contributed by atoms with Crippen molar-refractivity contribution in [1.82, 2.24) is 10.2 Å². The average Bonchev–Trinajstić information content (AvgIpc) is 3.10. The van der Waals surface area contributed by atoms with Crippen LogP contribution in [0.5, 0.6) is 0 Å². The van der Waals surface area contributed by atoms with E-state index in [0.717, 1.165) is 6.54 Å². The number of rotatable bonds is 7. The number of aliphatic hydroxyl groups excluding tert-OH is 1. The number of nitrogens with zero attached hydrogens (tertiary/aromatic N) is 1. The van der Waals surface area contributed by atoms with E-state index in [1.54, 1.807) is 0 Å². The molecule has 2 aliphatic rings. The number of hydrogen-bond donors (Lipinski definition) is 2. The normalized spacial score (nSPS) is 23.2. The van der Waals surface area contributed by atoms with Crippen LogP contribution in [0.4, 0.5) is 0 Å². The first-order valence-corrected chi connectivity index (χ1v) is 7.57.